The minimum absolute atomic E-state index is 0.00841. The summed E-state index contributed by atoms with van der Waals surface area (Å²) < 4.78 is 69.0. The van der Waals surface area contributed by atoms with Gasteiger partial charge in [0.05, 0.1) is 19.2 Å². The zero-order valence-electron chi connectivity index (χ0n) is 17.4. The molecule has 0 saturated carbocycles. The van der Waals surface area contributed by atoms with Crippen LogP contribution in [0, 0.1) is 47.0 Å². The smallest absolute Gasteiger partial charge is 0.269 e. The van der Waals surface area contributed by atoms with Crippen molar-refractivity contribution >= 4 is 17.3 Å². The largest absolute Gasteiger partial charge is 0.395 e. The van der Waals surface area contributed by atoms with Gasteiger partial charge in [-0.05, 0) is 24.6 Å². The Morgan fingerprint density at radius 1 is 1.03 bits per heavy atom. The third-order valence-corrected chi connectivity index (χ3v) is 4.62. The Morgan fingerprint density at radius 3 is 2.09 bits per heavy atom. The number of halogens is 5. The van der Waals surface area contributed by atoms with Crippen molar-refractivity contribution in [3.05, 3.63) is 99.8 Å². The number of hydrogen-bond donors (Lipinski definition) is 1. The fraction of sp³-hybridized carbons (Fsp3) is 0.167. The van der Waals surface area contributed by atoms with E-state index >= 15 is 0 Å². The van der Waals surface area contributed by atoms with Crippen molar-refractivity contribution in [1.82, 2.24) is 0 Å². The highest BCUT2D eigenvalue weighted by Crippen LogP contribution is 2.31. The lowest BCUT2D eigenvalue weighted by Crippen LogP contribution is -2.25. The maximum atomic E-state index is 14.2. The summed E-state index contributed by atoms with van der Waals surface area (Å²) in [7, 11) is 0. The monoisotopic (exact) mass is 459 g/mol. The molecule has 0 atom stereocenters. The molecule has 170 valence electrons. The Morgan fingerprint density at radius 2 is 1.61 bits per heavy atom. The number of allylic oxidation sites excluding steroid dienone is 5. The third kappa shape index (κ3) is 5.65. The molecule has 0 bridgehead atoms. The van der Waals surface area contributed by atoms with Crippen molar-refractivity contribution in [1.29, 1.82) is 5.26 Å². The van der Waals surface area contributed by atoms with Crippen LogP contribution in [-0.2, 0) is 0 Å². The van der Waals surface area contributed by atoms with E-state index in [0.29, 0.717) is 13.1 Å². The Kier molecular flexibility index (Phi) is 8.90. The summed E-state index contributed by atoms with van der Waals surface area (Å²) in [5.41, 5.74) is -1.29. The number of benzene rings is 2. The van der Waals surface area contributed by atoms with E-state index in [9.17, 15) is 22.0 Å². The Balaban J connectivity index is 2.39. The van der Waals surface area contributed by atoms with Crippen molar-refractivity contribution in [2.24, 2.45) is 0 Å². The SMILES string of the molecule is [C-]#[N+]\C(C#N)=C(/C=C/C=C/c1ccc(N(CC)CCO)cc1)c1c(F)c(F)c(F)c(F)c1F. The molecule has 0 aliphatic carbocycles. The van der Waals surface area contributed by atoms with Crippen LogP contribution in [0.15, 0.2) is 48.2 Å². The molecule has 0 saturated heterocycles. The first kappa shape index (κ1) is 25.3. The van der Waals surface area contributed by atoms with Crippen molar-refractivity contribution in [3.8, 4) is 6.07 Å². The Bertz CT molecular complexity index is 1140. The molecule has 33 heavy (non-hydrogen) atoms. The molecule has 0 radical (unpaired) electrons. The van der Waals surface area contributed by atoms with Crippen LogP contribution in [0.4, 0.5) is 27.6 Å². The van der Waals surface area contributed by atoms with E-state index in [4.69, 9.17) is 16.9 Å². The lowest BCUT2D eigenvalue weighted by molar-refractivity contribution is 0.302. The second kappa shape index (κ2) is 11.6. The first-order valence-corrected chi connectivity index (χ1v) is 9.64. The summed E-state index contributed by atoms with van der Waals surface area (Å²) >= 11 is 0. The average Bonchev–Trinajstić information content (AvgIpc) is 2.83. The van der Waals surface area contributed by atoms with Crippen LogP contribution in [0.3, 0.4) is 0 Å². The van der Waals surface area contributed by atoms with Gasteiger partial charge in [-0.2, -0.15) is 0 Å². The van der Waals surface area contributed by atoms with Crippen LogP contribution in [0.25, 0.3) is 16.5 Å². The van der Waals surface area contributed by atoms with Crippen LogP contribution in [0.1, 0.15) is 18.1 Å². The Labute approximate surface area is 187 Å². The number of aliphatic hydroxyl groups excluding tert-OH is 1. The van der Waals surface area contributed by atoms with E-state index in [-0.39, 0.29) is 6.61 Å². The molecular weight excluding hydrogens is 441 g/mol. The van der Waals surface area contributed by atoms with Crippen LogP contribution in [0.2, 0.25) is 0 Å². The van der Waals surface area contributed by atoms with Gasteiger partial charge in [0.15, 0.2) is 23.3 Å². The van der Waals surface area contributed by atoms with Crippen molar-refractivity contribution in [2.45, 2.75) is 6.92 Å². The molecule has 0 unspecified atom stereocenters. The van der Waals surface area contributed by atoms with Crippen LogP contribution in [0.5, 0.6) is 0 Å². The van der Waals surface area contributed by atoms with E-state index in [2.05, 4.69) is 4.85 Å². The molecule has 0 aliphatic rings. The highest BCUT2D eigenvalue weighted by atomic mass is 19.2. The highest BCUT2D eigenvalue weighted by Gasteiger charge is 2.28. The molecule has 0 aromatic heterocycles. The van der Waals surface area contributed by atoms with Gasteiger partial charge < -0.3 is 10.0 Å². The van der Waals surface area contributed by atoms with E-state index in [1.165, 1.54) is 18.2 Å². The molecule has 0 spiro atoms. The number of rotatable bonds is 8. The van der Waals surface area contributed by atoms with Crippen molar-refractivity contribution in [2.75, 3.05) is 24.6 Å². The number of nitriles is 1. The normalized spacial score (nSPS) is 12.0. The lowest BCUT2D eigenvalue weighted by Gasteiger charge is -2.21. The Hall–Kier alpha value is -3.95. The summed E-state index contributed by atoms with van der Waals surface area (Å²) in [6.07, 6.45) is 5.17. The van der Waals surface area contributed by atoms with Gasteiger partial charge in [0.2, 0.25) is 5.82 Å². The van der Waals surface area contributed by atoms with Crippen LogP contribution >= 0.6 is 0 Å². The van der Waals surface area contributed by atoms with Gasteiger partial charge in [0, 0.05) is 29.9 Å². The van der Waals surface area contributed by atoms with E-state index in [0.717, 1.165) is 17.3 Å². The summed E-state index contributed by atoms with van der Waals surface area (Å²) in [5, 5.41) is 18.2. The zero-order chi connectivity index (χ0) is 24.5. The molecule has 0 fully saturated rings. The fourth-order valence-corrected chi connectivity index (χ4v) is 2.97. The number of anilines is 1. The highest BCUT2D eigenvalue weighted by molar-refractivity contribution is 5.81. The van der Waals surface area contributed by atoms with E-state index < -0.39 is 45.9 Å². The summed E-state index contributed by atoms with van der Waals surface area (Å²) in [4.78, 5) is 4.79. The molecule has 4 nitrogen and oxygen atoms in total. The predicted octanol–water partition coefficient (Wildman–Crippen LogP) is 5.62. The molecule has 0 aliphatic heterocycles. The number of likely N-dealkylation sites (N-methyl/N-ethyl adjacent to an activating group) is 1. The maximum absolute atomic E-state index is 14.2. The summed E-state index contributed by atoms with van der Waals surface area (Å²) in [5.74, 6) is -10.9. The van der Waals surface area contributed by atoms with Gasteiger partial charge in [0.25, 0.3) is 5.70 Å². The van der Waals surface area contributed by atoms with Gasteiger partial charge in [-0.25, -0.2) is 32.1 Å². The average molecular weight is 459 g/mol. The van der Waals surface area contributed by atoms with Gasteiger partial charge in [0.1, 0.15) is 0 Å². The van der Waals surface area contributed by atoms with Crippen LogP contribution < -0.4 is 4.90 Å². The minimum atomic E-state index is -2.33. The van der Waals surface area contributed by atoms with Crippen LogP contribution in [-0.4, -0.2) is 24.8 Å². The number of nitrogens with zero attached hydrogens (tertiary/aromatic N) is 3. The fourth-order valence-electron chi connectivity index (χ4n) is 2.97. The molecule has 1 N–H and O–H groups in total. The van der Waals surface area contributed by atoms with Crippen molar-refractivity contribution in [3.63, 3.8) is 0 Å². The molecule has 9 heteroatoms. The number of aliphatic hydroxyl groups is 1. The van der Waals surface area contributed by atoms with Gasteiger partial charge in [-0.1, -0.05) is 36.4 Å². The van der Waals surface area contributed by atoms with E-state index in [1.807, 2.05) is 24.0 Å². The minimum Gasteiger partial charge on any atom is -0.395 e. The second-order valence-electron chi connectivity index (χ2n) is 6.54. The zero-order valence-corrected chi connectivity index (χ0v) is 17.4. The second-order valence-corrected chi connectivity index (χ2v) is 6.54. The summed E-state index contributed by atoms with van der Waals surface area (Å²) in [6.45, 7) is 10.1. The molecule has 0 heterocycles. The first-order chi connectivity index (χ1) is 15.8. The van der Waals surface area contributed by atoms with E-state index in [1.54, 1.807) is 18.2 Å². The van der Waals surface area contributed by atoms with Crippen molar-refractivity contribution < 1.29 is 27.1 Å². The summed E-state index contributed by atoms with van der Waals surface area (Å²) in [6, 6.07) is 8.62. The van der Waals surface area contributed by atoms with Gasteiger partial charge in [-0.3, -0.25) is 0 Å². The molecular formula is C24H18F5N3O. The molecule has 2 aromatic carbocycles. The molecule has 2 rings (SSSR count). The standard InChI is InChI=1S/C24H18F5N3O/c1-3-32(12-13-33)16-10-8-15(9-11-16)6-4-5-7-17(18(14-30)31-2)19-20(25)22(27)24(29)23(28)21(19)26/h4-11,33H,3,12-13H2,1H3/b6-4+,7-5+,18-17+. The van der Waals surface area contributed by atoms with Gasteiger partial charge >= 0.3 is 0 Å². The van der Waals surface area contributed by atoms with Gasteiger partial charge in [-0.15, -0.1) is 0 Å². The third-order valence-electron chi connectivity index (χ3n) is 4.62. The predicted molar refractivity (Wildman–Crippen MR) is 115 cm³/mol. The lowest BCUT2D eigenvalue weighted by atomic mass is 10.0. The maximum Gasteiger partial charge on any atom is 0.269 e. The number of hydrogen-bond acceptors (Lipinski definition) is 3. The first-order valence-electron chi connectivity index (χ1n) is 9.64. The topological polar surface area (TPSA) is 51.6 Å². The molecule has 2 aromatic rings. The molecule has 0 amide bonds. The quantitative estimate of drug-likeness (QED) is 0.139.